The number of nitro groups is 1. The van der Waals surface area contributed by atoms with E-state index in [1.165, 1.54) is 0 Å². The minimum absolute atomic E-state index is 0.144. The standard InChI is InChI=1S/C13H20N4O2/c14-6-1-7-15-8-10-16(11-9-15)12-2-4-13(5-3-12)17(18)19/h2-5H,1,6-11,14H2. The van der Waals surface area contributed by atoms with Gasteiger partial charge in [0, 0.05) is 44.0 Å². The molecule has 0 unspecified atom stereocenters. The Morgan fingerprint density at radius 3 is 2.32 bits per heavy atom. The van der Waals surface area contributed by atoms with Crippen molar-refractivity contribution in [1.29, 1.82) is 0 Å². The SMILES string of the molecule is NCCCN1CCN(c2ccc([N+](=O)[O-])cc2)CC1. The summed E-state index contributed by atoms with van der Waals surface area (Å²) < 4.78 is 0. The first kappa shape index (κ1) is 13.8. The minimum Gasteiger partial charge on any atom is -0.369 e. The molecule has 1 saturated heterocycles. The van der Waals surface area contributed by atoms with E-state index in [-0.39, 0.29) is 10.6 Å². The van der Waals surface area contributed by atoms with Crippen molar-refractivity contribution >= 4 is 11.4 Å². The van der Waals surface area contributed by atoms with Crippen LogP contribution in [0.3, 0.4) is 0 Å². The number of hydrogen-bond donors (Lipinski definition) is 1. The Bertz CT molecular complexity index is 413. The van der Waals surface area contributed by atoms with Gasteiger partial charge in [0.2, 0.25) is 0 Å². The quantitative estimate of drug-likeness (QED) is 0.636. The van der Waals surface area contributed by atoms with Gasteiger partial charge in [0.05, 0.1) is 4.92 Å². The molecule has 104 valence electrons. The van der Waals surface area contributed by atoms with Crippen LogP contribution in [-0.4, -0.2) is 49.1 Å². The fraction of sp³-hybridized carbons (Fsp3) is 0.538. The lowest BCUT2D eigenvalue weighted by molar-refractivity contribution is -0.384. The topological polar surface area (TPSA) is 75.6 Å². The molecule has 0 saturated carbocycles. The zero-order chi connectivity index (χ0) is 13.7. The monoisotopic (exact) mass is 264 g/mol. The molecule has 1 fully saturated rings. The molecule has 0 atom stereocenters. The lowest BCUT2D eigenvalue weighted by Gasteiger charge is -2.36. The highest BCUT2D eigenvalue weighted by Gasteiger charge is 2.17. The third-order valence-corrected chi connectivity index (χ3v) is 3.48. The molecule has 0 radical (unpaired) electrons. The molecule has 1 aliphatic heterocycles. The van der Waals surface area contributed by atoms with Gasteiger partial charge in [-0.05, 0) is 31.6 Å². The molecule has 0 aliphatic carbocycles. The molecule has 0 bridgehead atoms. The number of nitrogens with two attached hydrogens (primary N) is 1. The largest absolute Gasteiger partial charge is 0.369 e. The highest BCUT2D eigenvalue weighted by atomic mass is 16.6. The van der Waals surface area contributed by atoms with Crippen molar-refractivity contribution in [3.05, 3.63) is 34.4 Å². The van der Waals surface area contributed by atoms with E-state index < -0.39 is 0 Å². The van der Waals surface area contributed by atoms with Gasteiger partial charge in [-0.15, -0.1) is 0 Å². The van der Waals surface area contributed by atoms with E-state index in [0.29, 0.717) is 0 Å². The number of piperazine rings is 1. The molecule has 1 aromatic rings. The van der Waals surface area contributed by atoms with Crippen molar-refractivity contribution < 1.29 is 4.92 Å². The molecular weight excluding hydrogens is 244 g/mol. The zero-order valence-corrected chi connectivity index (χ0v) is 11.0. The molecule has 1 aromatic carbocycles. The number of anilines is 1. The zero-order valence-electron chi connectivity index (χ0n) is 11.0. The summed E-state index contributed by atoms with van der Waals surface area (Å²) in [5.74, 6) is 0. The van der Waals surface area contributed by atoms with Crippen molar-refractivity contribution in [2.75, 3.05) is 44.2 Å². The van der Waals surface area contributed by atoms with Gasteiger partial charge in [-0.25, -0.2) is 0 Å². The Hall–Kier alpha value is -1.66. The minimum atomic E-state index is -0.367. The maximum Gasteiger partial charge on any atom is 0.269 e. The van der Waals surface area contributed by atoms with E-state index >= 15 is 0 Å². The Labute approximate surface area is 112 Å². The summed E-state index contributed by atoms with van der Waals surface area (Å²) >= 11 is 0. The van der Waals surface area contributed by atoms with E-state index in [1.807, 2.05) is 12.1 Å². The highest BCUT2D eigenvalue weighted by molar-refractivity contribution is 5.51. The molecular formula is C13H20N4O2. The van der Waals surface area contributed by atoms with Gasteiger partial charge in [-0.2, -0.15) is 0 Å². The fourth-order valence-corrected chi connectivity index (χ4v) is 2.33. The lowest BCUT2D eigenvalue weighted by atomic mass is 10.2. The van der Waals surface area contributed by atoms with Crippen LogP contribution in [0.15, 0.2) is 24.3 Å². The first-order chi connectivity index (χ1) is 9.20. The van der Waals surface area contributed by atoms with Crippen molar-refractivity contribution in [2.45, 2.75) is 6.42 Å². The van der Waals surface area contributed by atoms with E-state index in [4.69, 9.17) is 5.73 Å². The van der Waals surface area contributed by atoms with Gasteiger partial charge >= 0.3 is 0 Å². The molecule has 2 N–H and O–H groups in total. The second kappa shape index (κ2) is 6.49. The normalized spacial score (nSPS) is 16.6. The van der Waals surface area contributed by atoms with Gasteiger partial charge < -0.3 is 10.6 Å². The number of nitro benzene ring substituents is 1. The Morgan fingerprint density at radius 2 is 1.79 bits per heavy atom. The summed E-state index contributed by atoms with van der Waals surface area (Å²) in [4.78, 5) is 14.9. The number of nitrogens with zero attached hydrogens (tertiary/aromatic N) is 3. The average Bonchev–Trinajstić information content (AvgIpc) is 2.46. The second-order valence-corrected chi connectivity index (χ2v) is 4.74. The molecule has 6 heteroatoms. The van der Waals surface area contributed by atoms with E-state index in [1.54, 1.807) is 12.1 Å². The Morgan fingerprint density at radius 1 is 1.16 bits per heavy atom. The second-order valence-electron chi connectivity index (χ2n) is 4.74. The summed E-state index contributed by atoms with van der Waals surface area (Å²) in [6.07, 6.45) is 1.04. The third kappa shape index (κ3) is 3.65. The summed E-state index contributed by atoms with van der Waals surface area (Å²) in [7, 11) is 0. The molecule has 1 aliphatic rings. The lowest BCUT2D eigenvalue weighted by Crippen LogP contribution is -2.46. The van der Waals surface area contributed by atoms with Crippen molar-refractivity contribution in [1.82, 2.24) is 4.90 Å². The van der Waals surface area contributed by atoms with Crippen molar-refractivity contribution in [3.8, 4) is 0 Å². The molecule has 0 spiro atoms. The van der Waals surface area contributed by atoms with Gasteiger partial charge in [0.15, 0.2) is 0 Å². The number of rotatable bonds is 5. The van der Waals surface area contributed by atoms with Crippen LogP contribution < -0.4 is 10.6 Å². The molecule has 0 amide bonds. The van der Waals surface area contributed by atoms with Gasteiger partial charge in [0.1, 0.15) is 0 Å². The van der Waals surface area contributed by atoms with E-state index in [0.717, 1.165) is 51.4 Å². The van der Waals surface area contributed by atoms with Gasteiger partial charge in [-0.1, -0.05) is 0 Å². The summed E-state index contributed by atoms with van der Waals surface area (Å²) in [5.41, 5.74) is 6.71. The molecule has 0 aromatic heterocycles. The first-order valence-corrected chi connectivity index (χ1v) is 6.62. The summed E-state index contributed by atoms with van der Waals surface area (Å²) in [6, 6.07) is 6.79. The predicted molar refractivity (Wildman–Crippen MR) is 75.4 cm³/mol. The van der Waals surface area contributed by atoms with Crippen LogP contribution in [0.2, 0.25) is 0 Å². The highest BCUT2D eigenvalue weighted by Crippen LogP contribution is 2.20. The van der Waals surface area contributed by atoms with Crippen LogP contribution in [0.1, 0.15) is 6.42 Å². The van der Waals surface area contributed by atoms with Crippen LogP contribution >= 0.6 is 0 Å². The predicted octanol–water partition coefficient (Wildman–Crippen LogP) is 1.07. The molecule has 2 rings (SSSR count). The van der Waals surface area contributed by atoms with Crippen LogP contribution in [0.25, 0.3) is 0 Å². The number of non-ortho nitro benzene ring substituents is 1. The van der Waals surface area contributed by atoms with E-state index in [9.17, 15) is 10.1 Å². The summed E-state index contributed by atoms with van der Waals surface area (Å²) in [5, 5.41) is 10.6. The Kier molecular flexibility index (Phi) is 4.70. The maximum atomic E-state index is 10.6. The Balaban J connectivity index is 1.88. The summed E-state index contributed by atoms with van der Waals surface area (Å²) in [6.45, 7) is 5.77. The molecule has 19 heavy (non-hydrogen) atoms. The average molecular weight is 264 g/mol. The van der Waals surface area contributed by atoms with E-state index in [2.05, 4.69) is 9.80 Å². The smallest absolute Gasteiger partial charge is 0.269 e. The van der Waals surface area contributed by atoms with Gasteiger partial charge in [0.25, 0.3) is 5.69 Å². The molecule has 6 nitrogen and oxygen atoms in total. The van der Waals surface area contributed by atoms with Crippen LogP contribution in [0.5, 0.6) is 0 Å². The van der Waals surface area contributed by atoms with Crippen LogP contribution in [0.4, 0.5) is 11.4 Å². The van der Waals surface area contributed by atoms with Crippen molar-refractivity contribution in [3.63, 3.8) is 0 Å². The van der Waals surface area contributed by atoms with Crippen molar-refractivity contribution in [2.24, 2.45) is 5.73 Å². The van der Waals surface area contributed by atoms with Gasteiger partial charge in [-0.3, -0.25) is 15.0 Å². The fourth-order valence-electron chi connectivity index (χ4n) is 2.33. The molecule has 1 heterocycles. The number of hydrogen-bond acceptors (Lipinski definition) is 5. The first-order valence-electron chi connectivity index (χ1n) is 6.62. The van der Waals surface area contributed by atoms with Crippen LogP contribution in [-0.2, 0) is 0 Å². The maximum absolute atomic E-state index is 10.6. The van der Waals surface area contributed by atoms with Crippen LogP contribution in [0, 0.1) is 10.1 Å². The number of benzene rings is 1. The third-order valence-electron chi connectivity index (χ3n) is 3.48.